The molecule has 0 amide bonds. The van der Waals surface area contributed by atoms with Crippen molar-refractivity contribution in [2.45, 2.75) is 20.4 Å². The van der Waals surface area contributed by atoms with Gasteiger partial charge in [-0.3, -0.25) is 9.36 Å². The van der Waals surface area contributed by atoms with E-state index in [-0.39, 0.29) is 5.43 Å². The van der Waals surface area contributed by atoms with Gasteiger partial charge in [0.1, 0.15) is 0 Å². The summed E-state index contributed by atoms with van der Waals surface area (Å²) in [4.78, 5) is 16.2. The van der Waals surface area contributed by atoms with E-state index in [1.54, 1.807) is 6.20 Å². The summed E-state index contributed by atoms with van der Waals surface area (Å²) in [6, 6.07) is 10.2. The zero-order chi connectivity index (χ0) is 14.8. The minimum atomic E-state index is 0.0902. The smallest absolute Gasteiger partial charge is 0.214 e. The lowest BCUT2D eigenvalue weighted by Crippen LogP contribution is -2.15. The lowest BCUT2D eigenvalue weighted by atomic mass is 10.2. The summed E-state index contributed by atoms with van der Waals surface area (Å²) >= 11 is 0. The van der Waals surface area contributed by atoms with Crippen molar-refractivity contribution >= 4 is 0 Å². The van der Waals surface area contributed by atoms with Gasteiger partial charge in [0.25, 0.3) is 0 Å². The summed E-state index contributed by atoms with van der Waals surface area (Å²) in [5.41, 5.74) is 2.76. The number of hydrogen-bond acceptors (Lipinski definition) is 2. The molecule has 0 unspecified atom stereocenters. The standard InChI is InChI=1S/C17H17N3O/c1-13-10-20(11-14(2)16(13)21)17-18-8-9-19(17)12-15-6-4-3-5-7-15/h3-11H,12H2,1-2H3. The number of rotatable bonds is 3. The van der Waals surface area contributed by atoms with Crippen LogP contribution in [0.3, 0.4) is 0 Å². The van der Waals surface area contributed by atoms with Crippen LogP contribution in [0.4, 0.5) is 0 Å². The van der Waals surface area contributed by atoms with Crippen LogP contribution in [0, 0.1) is 13.8 Å². The molecule has 4 heteroatoms. The van der Waals surface area contributed by atoms with Crippen LogP contribution in [-0.2, 0) is 6.54 Å². The monoisotopic (exact) mass is 279 g/mol. The molecule has 0 bridgehead atoms. The highest BCUT2D eigenvalue weighted by atomic mass is 16.1. The number of hydrogen-bond donors (Lipinski definition) is 0. The molecule has 0 aliphatic carbocycles. The van der Waals surface area contributed by atoms with E-state index in [9.17, 15) is 4.79 Å². The van der Waals surface area contributed by atoms with Crippen molar-refractivity contribution in [2.24, 2.45) is 0 Å². The maximum atomic E-state index is 11.8. The fourth-order valence-electron chi connectivity index (χ4n) is 2.44. The molecule has 3 aromatic rings. The summed E-state index contributed by atoms with van der Waals surface area (Å²) in [6.07, 6.45) is 7.39. The zero-order valence-corrected chi connectivity index (χ0v) is 12.2. The molecule has 0 aliphatic heterocycles. The minimum absolute atomic E-state index is 0.0902. The predicted molar refractivity (Wildman–Crippen MR) is 82.8 cm³/mol. The van der Waals surface area contributed by atoms with E-state index in [1.807, 2.05) is 55.2 Å². The summed E-state index contributed by atoms with van der Waals surface area (Å²) in [6.45, 7) is 4.41. The quantitative estimate of drug-likeness (QED) is 0.739. The average Bonchev–Trinajstić information content (AvgIpc) is 2.93. The van der Waals surface area contributed by atoms with E-state index >= 15 is 0 Å². The molecule has 0 aliphatic rings. The first-order valence-corrected chi connectivity index (χ1v) is 6.90. The van der Waals surface area contributed by atoms with Gasteiger partial charge in [0.2, 0.25) is 5.95 Å². The highest BCUT2D eigenvalue weighted by molar-refractivity contribution is 5.25. The second-order valence-corrected chi connectivity index (χ2v) is 5.20. The maximum absolute atomic E-state index is 11.8. The molecule has 4 nitrogen and oxygen atoms in total. The summed E-state index contributed by atoms with van der Waals surface area (Å²) in [5.74, 6) is 0.810. The summed E-state index contributed by atoms with van der Waals surface area (Å²) in [7, 11) is 0. The van der Waals surface area contributed by atoms with E-state index in [4.69, 9.17) is 0 Å². The average molecular weight is 279 g/mol. The van der Waals surface area contributed by atoms with Gasteiger partial charge in [0, 0.05) is 35.9 Å². The van der Waals surface area contributed by atoms with Crippen LogP contribution in [0.5, 0.6) is 0 Å². The number of benzene rings is 1. The lowest BCUT2D eigenvalue weighted by Gasteiger charge is -2.11. The van der Waals surface area contributed by atoms with Gasteiger partial charge in [-0.15, -0.1) is 0 Å². The maximum Gasteiger partial charge on any atom is 0.214 e. The Bertz CT molecular complexity index is 789. The Hall–Kier alpha value is -2.62. The lowest BCUT2D eigenvalue weighted by molar-refractivity contribution is 0.740. The molecular formula is C17H17N3O. The molecule has 21 heavy (non-hydrogen) atoms. The molecule has 0 fully saturated rings. The molecule has 0 saturated heterocycles. The molecule has 0 spiro atoms. The van der Waals surface area contributed by atoms with E-state index < -0.39 is 0 Å². The molecule has 3 rings (SSSR count). The molecule has 0 saturated carbocycles. The van der Waals surface area contributed by atoms with Gasteiger partial charge < -0.3 is 4.57 Å². The summed E-state index contributed by atoms with van der Waals surface area (Å²) in [5, 5.41) is 0. The van der Waals surface area contributed by atoms with Gasteiger partial charge in [0.15, 0.2) is 5.43 Å². The van der Waals surface area contributed by atoms with Gasteiger partial charge in [-0.2, -0.15) is 0 Å². The highest BCUT2D eigenvalue weighted by Crippen LogP contribution is 2.10. The van der Waals surface area contributed by atoms with Crippen LogP contribution < -0.4 is 5.43 Å². The number of nitrogens with zero attached hydrogens (tertiary/aromatic N) is 3. The Balaban J connectivity index is 2.01. The van der Waals surface area contributed by atoms with Crippen molar-refractivity contribution in [1.82, 2.24) is 14.1 Å². The van der Waals surface area contributed by atoms with Crippen LogP contribution in [-0.4, -0.2) is 14.1 Å². The van der Waals surface area contributed by atoms with Gasteiger partial charge in [-0.1, -0.05) is 30.3 Å². The van der Waals surface area contributed by atoms with Crippen molar-refractivity contribution < 1.29 is 0 Å². The Morgan fingerprint density at radius 2 is 1.71 bits per heavy atom. The van der Waals surface area contributed by atoms with Crippen LogP contribution >= 0.6 is 0 Å². The van der Waals surface area contributed by atoms with Gasteiger partial charge in [-0.25, -0.2) is 4.98 Å². The van der Waals surface area contributed by atoms with Crippen molar-refractivity contribution in [1.29, 1.82) is 0 Å². The van der Waals surface area contributed by atoms with Crippen LogP contribution in [0.2, 0.25) is 0 Å². The van der Waals surface area contributed by atoms with Crippen LogP contribution in [0.1, 0.15) is 16.7 Å². The fraction of sp³-hybridized carbons (Fsp3) is 0.176. The Morgan fingerprint density at radius 3 is 2.38 bits per heavy atom. The number of pyridine rings is 1. The largest absolute Gasteiger partial charge is 0.312 e. The van der Waals surface area contributed by atoms with Crippen molar-refractivity contribution in [2.75, 3.05) is 0 Å². The predicted octanol–water partition coefficient (Wildman–Crippen LogP) is 2.70. The van der Waals surface area contributed by atoms with Gasteiger partial charge >= 0.3 is 0 Å². The fourth-order valence-corrected chi connectivity index (χ4v) is 2.44. The molecule has 1 aromatic carbocycles. The third kappa shape index (κ3) is 2.65. The van der Waals surface area contributed by atoms with E-state index in [1.165, 1.54) is 5.56 Å². The minimum Gasteiger partial charge on any atom is -0.312 e. The van der Waals surface area contributed by atoms with Crippen molar-refractivity contribution in [3.63, 3.8) is 0 Å². The molecule has 0 radical (unpaired) electrons. The Morgan fingerprint density at radius 1 is 1.05 bits per heavy atom. The van der Waals surface area contributed by atoms with E-state index in [0.717, 1.165) is 23.6 Å². The SMILES string of the molecule is Cc1cn(-c2nccn2Cc2ccccc2)cc(C)c1=O. The molecule has 0 N–H and O–H groups in total. The Labute approximate surface area is 123 Å². The molecule has 0 atom stereocenters. The molecule has 2 aromatic heterocycles. The third-order valence-electron chi connectivity index (χ3n) is 3.50. The zero-order valence-electron chi connectivity index (χ0n) is 12.2. The first-order chi connectivity index (χ1) is 10.1. The van der Waals surface area contributed by atoms with E-state index in [0.29, 0.717) is 0 Å². The van der Waals surface area contributed by atoms with Crippen molar-refractivity contribution in [3.05, 3.63) is 82.0 Å². The Kier molecular flexibility index (Phi) is 3.44. The second kappa shape index (κ2) is 5.40. The molecule has 106 valence electrons. The number of aryl methyl sites for hydroxylation is 2. The first kappa shape index (κ1) is 13.4. The number of imidazole rings is 1. The van der Waals surface area contributed by atoms with E-state index in [2.05, 4.69) is 21.7 Å². The number of aromatic nitrogens is 3. The van der Waals surface area contributed by atoms with Crippen LogP contribution in [0.15, 0.2) is 59.9 Å². The van der Waals surface area contributed by atoms with Gasteiger partial charge in [-0.05, 0) is 19.4 Å². The highest BCUT2D eigenvalue weighted by Gasteiger charge is 2.07. The second-order valence-electron chi connectivity index (χ2n) is 5.20. The topological polar surface area (TPSA) is 39.8 Å². The van der Waals surface area contributed by atoms with Gasteiger partial charge in [0.05, 0.1) is 6.54 Å². The first-order valence-electron chi connectivity index (χ1n) is 6.90. The molecule has 2 heterocycles. The third-order valence-corrected chi connectivity index (χ3v) is 3.50. The van der Waals surface area contributed by atoms with Crippen LogP contribution in [0.25, 0.3) is 5.95 Å². The normalized spacial score (nSPS) is 10.8. The van der Waals surface area contributed by atoms with Crippen molar-refractivity contribution in [3.8, 4) is 5.95 Å². The molecular weight excluding hydrogens is 262 g/mol. The summed E-state index contributed by atoms with van der Waals surface area (Å²) < 4.78 is 3.98.